The molecular weight excluding hydrogens is 132 g/mol. The average Bonchev–Trinajstić information content (AvgIpc) is 2.13. The zero-order chi connectivity index (χ0) is 6.85. The van der Waals surface area contributed by atoms with E-state index in [1.807, 2.05) is 6.92 Å². The Balaban J connectivity index is 2.94. The lowest BCUT2D eigenvalue weighted by atomic mass is 10.1. The second-order valence-corrected chi connectivity index (χ2v) is 2.92. The molecule has 0 bridgehead atoms. The molecule has 1 aromatic heterocycles. The van der Waals surface area contributed by atoms with Crippen molar-refractivity contribution in [2.45, 2.75) is 26.7 Å². The van der Waals surface area contributed by atoms with Gasteiger partial charge in [0.1, 0.15) is 0 Å². The summed E-state index contributed by atoms with van der Waals surface area (Å²) < 4.78 is 8.21. The topological polar surface area (TPSA) is 25.8 Å². The average molecular weight is 142 g/mol. The van der Waals surface area contributed by atoms with E-state index in [1.165, 1.54) is 11.7 Å². The molecular formula is C6H10N2S. The van der Waals surface area contributed by atoms with Gasteiger partial charge in [-0.15, -0.1) is 0 Å². The summed E-state index contributed by atoms with van der Waals surface area (Å²) in [5, 5.41) is 0. The first-order valence-electron chi connectivity index (χ1n) is 3.01. The summed E-state index contributed by atoms with van der Waals surface area (Å²) in [6, 6.07) is 0. The molecule has 0 aliphatic carbocycles. The third-order valence-corrected chi connectivity index (χ3v) is 1.87. The Hall–Kier alpha value is -0.440. The van der Waals surface area contributed by atoms with Crippen LogP contribution in [0, 0.1) is 6.92 Å². The lowest BCUT2D eigenvalue weighted by Gasteiger charge is -1.97. The largest absolute Gasteiger partial charge is 0.178 e. The van der Waals surface area contributed by atoms with Gasteiger partial charge in [0.2, 0.25) is 0 Å². The van der Waals surface area contributed by atoms with Gasteiger partial charge in [-0.1, -0.05) is 13.8 Å². The van der Waals surface area contributed by atoms with Crippen molar-refractivity contribution in [3.05, 3.63) is 11.4 Å². The Morgan fingerprint density at radius 3 is 2.22 bits per heavy atom. The third kappa shape index (κ3) is 1.27. The lowest BCUT2D eigenvalue weighted by Crippen LogP contribution is -1.89. The highest BCUT2D eigenvalue weighted by Gasteiger charge is 2.05. The van der Waals surface area contributed by atoms with Gasteiger partial charge in [-0.3, -0.25) is 0 Å². The molecule has 0 radical (unpaired) electrons. The molecule has 0 atom stereocenters. The SMILES string of the molecule is Cc1nsnc1C(C)C. The van der Waals surface area contributed by atoms with Crippen molar-refractivity contribution in [2.75, 3.05) is 0 Å². The van der Waals surface area contributed by atoms with E-state index < -0.39 is 0 Å². The van der Waals surface area contributed by atoms with Crippen LogP contribution in [-0.2, 0) is 0 Å². The molecule has 0 amide bonds. The van der Waals surface area contributed by atoms with Gasteiger partial charge in [-0.2, -0.15) is 8.75 Å². The van der Waals surface area contributed by atoms with Crippen molar-refractivity contribution >= 4 is 11.7 Å². The third-order valence-electron chi connectivity index (χ3n) is 1.23. The summed E-state index contributed by atoms with van der Waals surface area (Å²) in [6.45, 7) is 6.26. The van der Waals surface area contributed by atoms with E-state index in [1.54, 1.807) is 0 Å². The van der Waals surface area contributed by atoms with Gasteiger partial charge in [0, 0.05) is 0 Å². The predicted molar refractivity (Wildman–Crippen MR) is 38.7 cm³/mol. The highest BCUT2D eigenvalue weighted by Crippen LogP contribution is 2.15. The molecule has 0 aliphatic heterocycles. The Bertz CT molecular complexity index is 193. The van der Waals surface area contributed by atoms with Gasteiger partial charge in [0.15, 0.2) is 0 Å². The summed E-state index contributed by atoms with van der Waals surface area (Å²) in [5.41, 5.74) is 2.22. The van der Waals surface area contributed by atoms with E-state index in [4.69, 9.17) is 0 Å². The molecule has 0 aromatic carbocycles. The Labute approximate surface area is 59.3 Å². The zero-order valence-electron chi connectivity index (χ0n) is 5.88. The highest BCUT2D eigenvalue weighted by atomic mass is 32.1. The fraction of sp³-hybridized carbons (Fsp3) is 0.667. The van der Waals surface area contributed by atoms with Crippen LogP contribution >= 0.6 is 11.7 Å². The summed E-state index contributed by atoms with van der Waals surface area (Å²) >= 11 is 1.29. The van der Waals surface area contributed by atoms with Crippen LogP contribution in [0.4, 0.5) is 0 Å². The predicted octanol–water partition coefficient (Wildman–Crippen LogP) is 1.97. The molecule has 0 saturated heterocycles. The second-order valence-electron chi connectivity index (χ2n) is 2.39. The minimum Gasteiger partial charge on any atom is -0.178 e. The summed E-state index contributed by atoms with van der Waals surface area (Å²) in [6.07, 6.45) is 0. The number of aromatic nitrogens is 2. The molecule has 3 heteroatoms. The minimum atomic E-state index is 0.517. The maximum atomic E-state index is 4.15. The first-order valence-corrected chi connectivity index (χ1v) is 3.74. The molecule has 0 aliphatic rings. The molecule has 0 spiro atoms. The minimum absolute atomic E-state index is 0.517. The Morgan fingerprint density at radius 2 is 2.00 bits per heavy atom. The van der Waals surface area contributed by atoms with Crippen LogP contribution in [0.2, 0.25) is 0 Å². The normalized spacial score (nSPS) is 10.7. The van der Waals surface area contributed by atoms with Crippen LogP contribution in [0.25, 0.3) is 0 Å². The van der Waals surface area contributed by atoms with Crippen LogP contribution in [0.1, 0.15) is 31.2 Å². The lowest BCUT2D eigenvalue weighted by molar-refractivity contribution is 0.826. The van der Waals surface area contributed by atoms with Crippen molar-refractivity contribution < 1.29 is 0 Å². The monoisotopic (exact) mass is 142 g/mol. The number of aryl methyl sites for hydroxylation is 1. The molecule has 0 unspecified atom stereocenters. The van der Waals surface area contributed by atoms with E-state index >= 15 is 0 Å². The van der Waals surface area contributed by atoms with E-state index in [0.717, 1.165) is 11.4 Å². The summed E-state index contributed by atoms with van der Waals surface area (Å²) in [4.78, 5) is 0. The number of hydrogen-bond acceptors (Lipinski definition) is 3. The van der Waals surface area contributed by atoms with Crippen molar-refractivity contribution in [3.8, 4) is 0 Å². The van der Waals surface area contributed by atoms with Crippen LogP contribution in [-0.4, -0.2) is 8.75 Å². The fourth-order valence-electron chi connectivity index (χ4n) is 0.762. The standard InChI is InChI=1S/C6H10N2S/c1-4(2)6-5(3)7-9-8-6/h4H,1-3H3. The Morgan fingerprint density at radius 1 is 1.33 bits per heavy atom. The van der Waals surface area contributed by atoms with Crippen LogP contribution in [0.3, 0.4) is 0 Å². The molecule has 1 aromatic rings. The maximum Gasteiger partial charge on any atom is 0.0797 e. The van der Waals surface area contributed by atoms with Gasteiger partial charge >= 0.3 is 0 Å². The van der Waals surface area contributed by atoms with E-state index in [0.29, 0.717) is 5.92 Å². The molecule has 0 N–H and O–H groups in total. The van der Waals surface area contributed by atoms with Gasteiger partial charge < -0.3 is 0 Å². The first-order chi connectivity index (χ1) is 4.22. The molecule has 1 heterocycles. The van der Waals surface area contributed by atoms with E-state index in [2.05, 4.69) is 22.6 Å². The smallest absolute Gasteiger partial charge is 0.0797 e. The van der Waals surface area contributed by atoms with Gasteiger partial charge in [0.25, 0.3) is 0 Å². The van der Waals surface area contributed by atoms with E-state index in [9.17, 15) is 0 Å². The maximum absolute atomic E-state index is 4.15. The number of rotatable bonds is 1. The molecule has 0 fully saturated rings. The number of hydrogen-bond donors (Lipinski definition) is 0. The van der Waals surface area contributed by atoms with Crippen molar-refractivity contribution in [3.63, 3.8) is 0 Å². The summed E-state index contributed by atoms with van der Waals surface area (Å²) in [7, 11) is 0. The van der Waals surface area contributed by atoms with Crippen LogP contribution in [0.5, 0.6) is 0 Å². The molecule has 2 nitrogen and oxygen atoms in total. The van der Waals surface area contributed by atoms with Crippen LogP contribution < -0.4 is 0 Å². The molecule has 0 saturated carbocycles. The molecule has 9 heavy (non-hydrogen) atoms. The molecule has 1 rings (SSSR count). The Kier molecular flexibility index (Phi) is 1.81. The first kappa shape index (κ1) is 6.68. The van der Waals surface area contributed by atoms with Crippen molar-refractivity contribution in [1.29, 1.82) is 0 Å². The second kappa shape index (κ2) is 2.43. The quantitative estimate of drug-likeness (QED) is 0.599. The fourth-order valence-corrected chi connectivity index (χ4v) is 1.45. The van der Waals surface area contributed by atoms with Gasteiger partial charge in [-0.25, -0.2) is 0 Å². The van der Waals surface area contributed by atoms with Crippen LogP contribution in [0.15, 0.2) is 0 Å². The van der Waals surface area contributed by atoms with Gasteiger partial charge in [0.05, 0.1) is 23.1 Å². The zero-order valence-corrected chi connectivity index (χ0v) is 6.70. The summed E-state index contributed by atoms with van der Waals surface area (Å²) in [5.74, 6) is 0.517. The molecule has 50 valence electrons. The van der Waals surface area contributed by atoms with E-state index in [-0.39, 0.29) is 0 Å². The highest BCUT2D eigenvalue weighted by molar-refractivity contribution is 6.99. The van der Waals surface area contributed by atoms with Gasteiger partial charge in [-0.05, 0) is 12.8 Å². The van der Waals surface area contributed by atoms with Crippen molar-refractivity contribution in [1.82, 2.24) is 8.75 Å². The number of nitrogens with zero attached hydrogens (tertiary/aromatic N) is 2. The van der Waals surface area contributed by atoms with Crippen molar-refractivity contribution in [2.24, 2.45) is 0 Å².